The molecule has 0 saturated carbocycles. The van der Waals surface area contributed by atoms with Crippen molar-refractivity contribution in [2.24, 2.45) is 0 Å². The zero-order chi connectivity index (χ0) is 22.1. The van der Waals surface area contributed by atoms with E-state index >= 15 is 0 Å². The Hall–Kier alpha value is -2.43. The molecule has 168 valence electrons. The van der Waals surface area contributed by atoms with E-state index in [2.05, 4.69) is 10.3 Å². The molecule has 2 aromatic rings. The van der Waals surface area contributed by atoms with Crippen LogP contribution in [-0.2, 0) is 38.2 Å². The quantitative estimate of drug-likeness (QED) is 0.714. The van der Waals surface area contributed by atoms with E-state index in [9.17, 15) is 13.2 Å². The maximum absolute atomic E-state index is 12.9. The summed E-state index contributed by atoms with van der Waals surface area (Å²) in [6, 6.07) is 7.51. The molecule has 0 bridgehead atoms. The molecule has 4 rings (SSSR count). The molecule has 1 fully saturated rings. The summed E-state index contributed by atoms with van der Waals surface area (Å²) in [5.74, 6) is 1.40. The van der Waals surface area contributed by atoms with Crippen molar-refractivity contribution in [2.75, 3.05) is 26.0 Å². The Morgan fingerprint density at radius 3 is 2.65 bits per heavy atom. The number of aromatic nitrogens is 2. The molecule has 1 spiro atoms. The van der Waals surface area contributed by atoms with Crippen LogP contribution in [0.1, 0.15) is 31.2 Å². The van der Waals surface area contributed by atoms with Crippen LogP contribution in [0.3, 0.4) is 0 Å². The van der Waals surface area contributed by atoms with Crippen molar-refractivity contribution in [2.45, 2.75) is 44.6 Å². The molecule has 1 N–H and O–H groups in total. The second-order valence-electron chi connectivity index (χ2n) is 7.87. The number of piperidine rings is 1. The Labute approximate surface area is 182 Å². The van der Waals surface area contributed by atoms with E-state index in [0.717, 1.165) is 17.1 Å². The zero-order valence-corrected chi connectivity index (χ0v) is 18.6. The van der Waals surface area contributed by atoms with Crippen LogP contribution in [0, 0.1) is 0 Å². The molecule has 2 aliphatic heterocycles. The molecule has 1 amide bonds. The molecule has 1 unspecified atom stereocenters. The van der Waals surface area contributed by atoms with Crippen LogP contribution in [0.15, 0.2) is 36.7 Å². The summed E-state index contributed by atoms with van der Waals surface area (Å²) in [7, 11) is -1.64. The Morgan fingerprint density at radius 1 is 1.29 bits per heavy atom. The first-order chi connectivity index (χ1) is 14.9. The number of carbonyl (C=O) groups excluding carboxylic acids is 1. The van der Waals surface area contributed by atoms with E-state index in [1.807, 2.05) is 35.0 Å². The number of nitrogens with zero attached hydrogens (tertiary/aromatic N) is 3. The predicted octanol–water partition coefficient (Wildman–Crippen LogP) is 1.25. The Balaban J connectivity index is 1.45. The third-order valence-corrected chi connectivity index (χ3v) is 7.94. The second-order valence-corrected chi connectivity index (χ2v) is 10.1. The summed E-state index contributed by atoms with van der Waals surface area (Å²) in [6.07, 6.45) is 3.80. The van der Waals surface area contributed by atoms with Crippen LogP contribution in [0.4, 0.5) is 0 Å². The lowest BCUT2D eigenvalue weighted by atomic mass is 9.89. The van der Waals surface area contributed by atoms with E-state index in [4.69, 9.17) is 9.47 Å². The maximum Gasteiger partial charge on any atom is 0.251 e. The molecular formula is C21H28N4O5S. The lowest BCUT2D eigenvalue weighted by Gasteiger charge is -2.45. The first-order valence-corrected chi connectivity index (χ1v) is 12.1. The number of imidazole rings is 1. The molecule has 1 aromatic carbocycles. The van der Waals surface area contributed by atoms with Gasteiger partial charge in [0.2, 0.25) is 10.0 Å². The van der Waals surface area contributed by atoms with Crippen molar-refractivity contribution in [1.29, 1.82) is 0 Å². The third kappa shape index (κ3) is 4.32. The normalized spacial score (nSPS) is 20.9. The molecule has 3 heterocycles. The van der Waals surface area contributed by atoms with Gasteiger partial charge in [-0.05, 0) is 37.5 Å². The van der Waals surface area contributed by atoms with E-state index < -0.39 is 21.7 Å². The number of amides is 1. The van der Waals surface area contributed by atoms with Gasteiger partial charge in [0.15, 0.2) is 6.10 Å². The van der Waals surface area contributed by atoms with Gasteiger partial charge in [0.25, 0.3) is 5.91 Å². The van der Waals surface area contributed by atoms with Gasteiger partial charge in [0, 0.05) is 32.0 Å². The topological polar surface area (TPSA) is 103 Å². The summed E-state index contributed by atoms with van der Waals surface area (Å²) in [5.41, 5.74) is 0.199. The largest absolute Gasteiger partial charge is 0.497 e. The van der Waals surface area contributed by atoms with Gasteiger partial charge in [0.1, 0.15) is 17.2 Å². The molecule has 10 heteroatoms. The second kappa shape index (κ2) is 8.60. The number of ether oxygens (including phenoxy) is 2. The smallest absolute Gasteiger partial charge is 0.251 e. The van der Waals surface area contributed by atoms with Crippen molar-refractivity contribution in [3.8, 4) is 5.75 Å². The van der Waals surface area contributed by atoms with Crippen LogP contribution in [0.5, 0.6) is 5.75 Å². The lowest BCUT2D eigenvalue weighted by Crippen LogP contribution is -2.54. The highest BCUT2D eigenvalue weighted by Gasteiger charge is 2.48. The average molecular weight is 449 g/mol. The minimum atomic E-state index is -3.25. The van der Waals surface area contributed by atoms with E-state index in [1.165, 1.54) is 4.31 Å². The summed E-state index contributed by atoms with van der Waals surface area (Å²) in [4.78, 5) is 17.4. The fraction of sp³-hybridized carbons (Fsp3) is 0.524. The molecule has 2 aliphatic rings. The van der Waals surface area contributed by atoms with Crippen molar-refractivity contribution < 1.29 is 22.7 Å². The monoisotopic (exact) mass is 448 g/mol. The van der Waals surface area contributed by atoms with Crippen molar-refractivity contribution in [3.63, 3.8) is 0 Å². The predicted molar refractivity (Wildman–Crippen MR) is 114 cm³/mol. The molecule has 9 nitrogen and oxygen atoms in total. The first kappa shape index (κ1) is 21.8. The average Bonchev–Trinajstić information content (AvgIpc) is 3.28. The van der Waals surface area contributed by atoms with Crippen molar-refractivity contribution >= 4 is 15.9 Å². The number of benzene rings is 1. The highest BCUT2D eigenvalue weighted by atomic mass is 32.2. The SMILES string of the molecule is CCS(=O)(=O)N1CCC2(CC1)OC(C(=O)NCc1ccc(OC)cc1)Cn1ccnc12. The van der Waals surface area contributed by atoms with Crippen LogP contribution >= 0.6 is 0 Å². The van der Waals surface area contributed by atoms with Gasteiger partial charge >= 0.3 is 0 Å². The minimum absolute atomic E-state index is 0.0753. The molecule has 0 aliphatic carbocycles. The van der Waals surface area contributed by atoms with Gasteiger partial charge in [-0.3, -0.25) is 4.79 Å². The Kier molecular flexibility index (Phi) is 6.05. The Morgan fingerprint density at radius 2 is 2.00 bits per heavy atom. The molecule has 31 heavy (non-hydrogen) atoms. The van der Waals surface area contributed by atoms with E-state index in [0.29, 0.717) is 39.0 Å². The van der Waals surface area contributed by atoms with Gasteiger partial charge in [-0.25, -0.2) is 17.7 Å². The summed E-state index contributed by atoms with van der Waals surface area (Å²) in [6.45, 7) is 3.11. The van der Waals surface area contributed by atoms with Crippen LogP contribution in [-0.4, -0.2) is 60.2 Å². The standard InChI is InChI=1S/C21H28N4O5S/c1-3-31(27,28)25-11-8-21(9-12-25)20-22-10-13-24(20)15-18(30-21)19(26)23-14-16-4-6-17(29-2)7-5-16/h4-7,10,13,18H,3,8-9,11-12,14-15H2,1-2H3,(H,23,26). The van der Waals surface area contributed by atoms with E-state index in [-0.39, 0.29) is 11.7 Å². The number of methoxy groups -OCH3 is 1. The van der Waals surface area contributed by atoms with Crippen molar-refractivity contribution in [3.05, 3.63) is 48.0 Å². The highest BCUT2D eigenvalue weighted by molar-refractivity contribution is 7.89. The number of sulfonamides is 1. The van der Waals surface area contributed by atoms with E-state index in [1.54, 1.807) is 20.2 Å². The fourth-order valence-electron chi connectivity index (χ4n) is 4.23. The molecule has 0 radical (unpaired) electrons. The van der Waals surface area contributed by atoms with Crippen LogP contribution < -0.4 is 10.1 Å². The minimum Gasteiger partial charge on any atom is -0.497 e. The van der Waals surface area contributed by atoms with Gasteiger partial charge in [-0.2, -0.15) is 0 Å². The zero-order valence-electron chi connectivity index (χ0n) is 17.8. The molecular weight excluding hydrogens is 420 g/mol. The number of nitrogens with one attached hydrogen (secondary N) is 1. The molecule has 1 atom stereocenters. The molecule has 1 aromatic heterocycles. The number of rotatable bonds is 6. The number of carbonyl (C=O) groups is 1. The van der Waals surface area contributed by atoms with Crippen molar-refractivity contribution in [1.82, 2.24) is 19.2 Å². The Bertz CT molecular complexity index is 1030. The fourth-order valence-corrected chi connectivity index (χ4v) is 5.33. The van der Waals surface area contributed by atoms with Gasteiger partial charge in [-0.15, -0.1) is 0 Å². The van der Waals surface area contributed by atoms with Gasteiger partial charge in [0.05, 0.1) is 19.4 Å². The summed E-state index contributed by atoms with van der Waals surface area (Å²) < 4.78 is 39.4. The lowest BCUT2D eigenvalue weighted by molar-refractivity contribution is -0.171. The number of fused-ring (bicyclic) bond motifs is 2. The van der Waals surface area contributed by atoms with Gasteiger partial charge in [-0.1, -0.05) is 12.1 Å². The maximum atomic E-state index is 12.9. The van der Waals surface area contributed by atoms with Gasteiger partial charge < -0.3 is 19.4 Å². The highest BCUT2D eigenvalue weighted by Crippen LogP contribution is 2.40. The first-order valence-electron chi connectivity index (χ1n) is 10.4. The van der Waals surface area contributed by atoms with Crippen LogP contribution in [0.2, 0.25) is 0 Å². The molecule has 1 saturated heterocycles. The van der Waals surface area contributed by atoms with Crippen LogP contribution in [0.25, 0.3) is 0 Å². The number of hydrogen-bond donors (Lipinski definition) is 1. The third-order valence-electron chi connectivity index (χ3n) is 6.06. The summed E-state index contributed by atoms with van der Waals surface area (Å²) in [5, 5.41) is 2.95. The summed E-state index contributed by atoms with van der Waals surface area (Å²) >= 11 is 0. The number of hydrogen-bond acceptors (Lipinski definition) is 6.